The van der Waals surface area contributed by atoms with Crippen molar-refractivity contribution >= 4 is 21.5 Å². The molecule has 8 heteroatoms. The van der Waals surface area contributed by atoms with Crippen LogP contribution in [0.4, 0.5) is 11.6 Å². The maximum absolute atomic E-state index is 11.5. The van der Waals surface area contributed by atoms with E-state index >= 15 is 0 Å². The van der Waals surface area contributed by atoms with Crippen LogP contribution in [-0.4, -0.2) is 43.3 Å². The summed E-state index contributed by atoms with van der Waals surface area (Å²) in [7, 11) is -1.28. The monoisotopic (exact) mass is 285 g/mol. The summed E-state index contributed by atoms with van der Waals surface area (Å²) in [6.45, 7) is 4.36. The van der Waals surface area contributed by atoms with Gasteiger partial charge >= 0.3 is 0 Å². The normalized spacial score (nSPS) is 11.3. The Morgan fingerprint density at radius 3 is 2.58 bits per heavy atom. The van der Waals surface area contributed by atoms with Gasteiger partial charge in [0.05, 0.1) is 12.3 Å². The maximum atomic E-state index is 11.5. The number of aryl methyl sites for hydroxylation is 1. The van der Waals surface area contributed by atoms with Crippen molar-refractivity contribution in [1.82, 2.24) is 9.78 Å². The largest absolute Gasteiger partial charge is 0.383 e. The summed E-state index contributed by atoms with van der Waals surface area (Å²) in [5.41, 5.74) is 6.12. The van der Waals surface area contributed by atoms with Crippen LogP contribution in [0.15, 0.2) is 0 Å². The number of hydrogen-bond acceptors (Lipinski definition) is 6. The molecule has 0 aliphatic heterocycles. The highest BCUT2D eigenvalue weighted by atomic mass is 32.2. The molecule has 0 saturated carbocycles. The summed E-state index contributed by atoms with van der Waals surface area (Å²) >= 11 is 0. The summed E-state index contributed by atoms with van der Waals surface area (Å²) < 4.78 is 24.3. The average Bonchev–Trinajstić information content (AvgIpc) is 2.72. The van der Waals surface area contributed by atoms with Crippen LogP contribution in [-0.2, 0) is 16.4 Å². The number of anilines is 2. The fourth-order valence-corrected chi connectivity index (χ4v) is 2.27. The smallest absolute Gasteiger partial charge is 0.170 e. The average molecular weight is 285 g/mol. The van der Waals surface area contributed by atoms with E-state index in [1.54, 1.807) is 18.9 Å². The molecule has 0 radical (unpaired) electrons. The molecule has 1 aromatic heterocycles. The molecule has 0 fully saturated rings. The topological polar surface area (TPSA) is 105 Å². The Kier molecular flexibility index (Phi) is 4.78. The van der Waals surface area contributed by atoms with Gasteiger partial charge in [0.1, 0.15) is 17.5 Å². The second-order valence-corrected chi connectivity index (χ2v) is 6.64. The Bertz CT molecular complexity index is 585. The van der Waals surface area contributed by atoms with Gasteiger partial charge < -0.3 is 10.6 Å². The molecular formula is C11H19N5O2S. The third-order valence-corrected chi connectivity index (χ3v) is 4.66. The van der Waals surface area contributed by atoms with Gasteiger partial charge in [-0.1, -0.05) is 6.92 Å². The van der Waals surface area contributed by atoms with E-state index in [1.807, 2.05) is 13.0 Å². The Morgan fingerprint density at radius 2 is 2.11 bits per heavy atom. The van der Waals surface area contributed by atoms with Gasteiger partial charge in [-0.3, -0.25) is 0 Å². The first-order valence-corrected chi connectivity index (χ1v) is 7.86. The minimum Gasteiger partial charge on any atom is -0.383 e. The van der Waals surface area contributed by atoms with Crippen molar-refractivity contribution in [2.75, 3.05) is 35.7 Å². The molecule has 7 nitrogen and oxygen atoms in total. The van der Waals surface area contributed by atoms with Gasteiger partial charge in [0.2, 0.25) is 0 Å². The molecule has 0 bridgehead atoms. The third kappa shape index (κ3) is 3.38. The van der Waals surface area contributed by atoms with Crippen molar-refractivity contribution in [3.05, 3.63) is 5.56 Å². The van der Waals surface area contributed by atoms with Gasteiger partial charge in [-0.05, 0) is 6.92 Å². The van der Waals surface area contributed by atoms with Crippen molar-refractivity contribution in [1.29, 1.82) is 5.26 Å². The molecular weight excluding hydrogens is 266 g/mol. The fourth-order valence-electron chi connectivity index (χ4n) is 1.53. The van der Waals surface area contributed by atoms with Crippen LogP contribution in [0.1, 0.15) is 19.4 Å². The highest BCUT2D eigenvalue weighted by molar-refractivity contribution is 7.91. The van der Waals surface area contributed by atoms with Crippen LogP contribution >= 0.6 is 0 Å². The predicted molar refractivity (Wildman–Crippen MR) is 74.6 cm³/mol. The molecule has 2 N–H and O–H groups in total. The van der Waals surface area contributed by atoms with E-state index in [0.29, 0.717) is 17.9 Å². The Balaban J connectivity index is 3.05. The van der Waals surface area contributed by atoms with E-state index in [0.717, 1.165) is 0 Å². The zero-order valence-corrected chi connectivity index (χ0v) is 12.2. The molecule has 1 heterocycles. The first-order valence-electron chi connectivity index (χ1n) is 6.04. The van der Waals surface area contributed by atoms with Crippen molar-refractivity contribution in [3.63, 3.8) is 0 Å². The number of hydrogen-bond donors (Lipinski definition) is 1. The number of sulfone groups is 1. The molecule has 0 amide bonds. The number of nitrogens with zero attached hydrogens (tertiary/aromatic N) is 4. The summed E-state index contributed by atoms with van der Waals surface area (Å²) in [5.74, 6) is 0.747. The first-order chi connectivity index (χ1) is 8.86. The van der Waals surface area contributed by atoms with Gasteiger partial charge in [-0.15, -0.1) is 0 Å². The lowest BCUT2D eigenvalue weighted by atomic mass is 10.3. The zero-order valence-electron chi connectivity index (χ0n) is 11.4. The highest BCUT2D eigenvalue weighted by Gasteiger charge is 2.19. The molecule has 19 heavy (non-hydrogen) atoms. The predicted octanol–water partition coefficient (Wildman–Crippen LogP) is 0.228. The molecule has 1 aromatic rings. The minimum atomic E-state index is -3.08. The Labute approximate surface area is 113 Å². The van der Waals surface area contributed by atoms with Crippen LogP contribution in [0.3, 0.4) is 0 Å². The van der Waals surface area contributed by atoms with Crippen LogP contribution in [0, 0.1) is 11.3 Å². The van der Waals surface area contributed by atoms with Gasteiger partial charge in [-0.2, -0.15) is 10.4 Å². The third-order valence-electron chi connectivity index (χ3n) is 2.97. The molecule has 0 aliphatic carbocycles. The lowest BCUT2D eigenvalue weighted by Crippen LogP contribution is -2.19. The Hall–Kier alpha value is -1.75. The maximum Gasteiger partial charge on any atom is 0.170 e. The van der Waals surface area contributed by atoms with Crippen LogP contribution in [0.2, 0.25) is 0 Å². The number of aromatic nitrogens is 2. The van der Waals surface area contributed by atoms with E-state index in [9.17, 15) is 8.42 Å². The standard InChI is InChI=1S/C11H19N5O2S/c1-4-15(3)11-9(8-12)10(13)16(14-11)6-7-19(17,18)5-2/h4-7,13H2,1-3H3. The molecule has 0 atom stereocenters. The summed E-state index contributed by atoms with van der Waals surface area (Å²) in [6, 6.07) is 2.01. The van der Waals surface area contributed by atoms with E-state index in [-0.39, 0.29) is 23.9 Å². The van der Waals surface area contributed by atoms with Crippen LogP contribution < -0.4 is 10.6 Å². The minimum absolute atomic E-state index is 0.0322. The first kappa shape index (κ1) is 15.3. The number of rotatable bonds is 6. The molecule has 0 unspecified atom stereocenters. The number of nitrogen functional groups attached to an aromatic ring is 1. The van der Waals surface area contributed by atoms with Crippen LogP contribution in [0.5, 0.6) is 0 Å². The van der Waals surface area contributed by atoms with E-state index < -0.39 is 9.84 Å². The molecule has 0 saturated heterocycles. The molecule has 0 aromatic carbocycles. The van der Waals surface area contributed by atoms with Gasteiger partial charge in [0.25, 0.3) is 0 Å². The van der Waals surface area contributed by atoms with E-state index in [2.05, 4.69) is 5.10 Å². The van der Waals surface area contributed by atoms with Gasteiger partial charge in [-0.25, -0.2) is 13.1 Å². The second kappa shape index (κ2) is 5.93. The summed E-state index contributed by atoms with van der Waals surface area (Å²) in [5, 5.41) is 13.3. The van der Waals surface area contributed by atoms with Gasteiger partial charge in [0.15, 0.2) is 15.7 Å². The quantitative estimate of drug-likeness (QED) is 0.802. The Morgan fingerprint density at radius 1 is 1.47 bits per heavy atom. The van der Waals surface area contributed by atoms with Gasteiger partial charge in [0, 0.05) is 19.3 Å². The van der Waals surface area contributed by atoms with Crippen LogP contribution in [0.25, 0.3) is 0 Å². The fraction of sp³-hybridized carbons (Fsp3) is 0.636. The summed E-state index contributed by atoms with van der Waals surface area (Å²) in [6.07, 6.45) is 0. The lowest BCUT2D eigenvalue weighted by Gasteiger charge is -2.12. The molecule has 0 aliphatic rings. The van der Waals surface area contributed by atoms with Crippen molar-refractivity contribution in [2.45, 2.75) is 20.4 Å². The van der Waals surface area contributed by atoms with Crippen molar-refractivity contribution in [3.8, 4) is 6.07 Å². The lowest BCUT2D eigenvalue weighted by molar-refractivity contribution is 0.583. The molecule has 1 rings (SSSR count). The second-order valence-electron chi connectivity index (χ2n) is 4.17. The van der Waals surface area contributed by atoms with E-state index in [1.165, 1.54) is 4.68 Å². The number of nitrogens with two attached hydrogens (primary N) is 1. The highest BCUT2D eigenvalue weighted by Crippen LogP contribution is 2.23. The molecule has 106 valence electrons. The number of nitriles is 1. The SMILES string of the molecule is CCN(C)c1nn(CCS(=O)(=O)CC)c(N)c1C#N. The summed E-state index contributed by atoms with van der Waals surface area (Å²) in [4.78, 5) is 1.79. The molecule has 0 spiro atoms. The van der Waals surface area contributed by atoms with Crippen molar-refractivity contribution in [2.24, 2.45) is 0 Å². The zero-order chi connectivity index (χ0) is 14.6. The van der Waals surface area contributed by atoms with Crippen molar-refractivity contribution < 1.29 is 8.42 Å². The van der Waals surface area contributed by atoms with E-state index in [4.69, 9.17) is 11.0 Å².